The third-order valence-corrected chi connectivity index (χ3v) is 9.38. The highest BCUT2D eigenvalue weighted by Gasteiger charge is 2.54. The van der Waals surface area contributed by atoms with E-state index in [2.05, 4.69) is 15.0 Å². The van der Waals surface area contributed by atoms with Crippen LogP contribution in [0.25, 0.3) is 16.9 Å². The van der Waals surface area contributed by atoms with Crippen molar-refractivity contribution in [2.75, 3.05) is 5.32 Å². The molecule has 1 N–H and O–H groups in total. The molecule has 6 nitrogen and oxygen atoms in total. The smallest absolute Gasteiger partial charge is 0.387 e. The standard InChI is InChI=1S/C30H28F2N4O2S/c31-28(32)38-23-8-6-21(7-9-23)25-17-39-29(33-25)34-27(37)24-16-36(22-4-2-1-3-5-22)35-26(24)30-13-18-10-19(14-30)12-20(11-18)15-30/h1-9,16-20,28H,10-15H2,(H,33,34,37). The number of thiazole rings is 1. The monoisotopic (exact) mass is 546 g/mol. The molecule has 2 aromatic carbocycles. The number of alkyl halides is 2. The number of benzene rings is 2. The zero-order chi connectivity index (χ0) is 26.6. The van der Waals surface area contributed by atoms with Crippen molar-refractivity contribution in [3.63, 3.8) is 0 Å². The quantitative estimate of drug-likeness (QED) is 0.264. The second kappa shape index (κ2) is 9.55. The van der Waals surface area contributed by atoms with E-state index in [1.54, 1.807) is 12.1 Å². The van der Waals surface area contributed by atoms with Gasteiger partial charge in [-0.15, -0.1) is 11.3 Å². The summed E-state index contributed by atoms with van der Waals surface area (Å²) in [6, 6.07) is 16.2. The lowest BCUT2D eigenvalue weighted by atomic mass is 9.48. The van der Waals surface area contributed by atoms with E-state index >= 15 is 0 Å². The number of para-hydroxylation sites is 1. The van der Waals surface area contributed by atoms with E-state index in [9.17, 15) is 13.6 Å². The minimum Gasteiger partial charge on any atom is -0.435 e. The Morgan fingerprint density at radius 3 is 2.31 bits per heavy atom. The molecule has 2 heterocycles. The highest BCUT2D eigenvalue weighted by atomic mass is 32.1. The van der Waals surface area contributed by atoms with Gasteiger partial charge in [0.05, 0.1) is 22.6 Å². The largest absolute Gasteiger partial charge is 0.435 e. The molecule has 4 aliphatic carbocycles. The van der Waals surface area contributed by atoms with Crippen molar-refractivity contribution < 1.29 is 18.3 Å². The predicted octanol–water partition coefficient (Wildman–Crippen LogP) is 7.32. The number of ether oxygens (including phenoxy) is 1. The van der Waals surface area contributed by atoms with Gasteiger partial charge in [0.25, 0.3) is 5.91 Å². The highest BCUT2D eigenvalue weighted by molar-refractivity contribution is 7.14. The van der Waals surface area contributed by atoms with Crippen LogP contribution >= 0.6 is 11.3 Å². The molecule has 0 unspecified atom stereocenters. The van der Waals surface area contributed by atoms with E-state index in [-0.39, 0.29) is 17.1 Å². The van der Waals surface area contributed by atoms with Crippen LogP contribution in [0.15, 0.2) is 66.2 Å². The molecule has 200 valence electrons. The zero-order valence-corrected chi connectivity index (χ0v) is 22.0. The molecule has 4 saturated carbocycles. The highest BCUT2D eigenvalue weighted by Crippen LogP contribution is 2.61. The molecule has 39 heavy (non-hydrogen) atoms. The van der Waals surface area contributed by atoms with Crippen molar-refractivity contribution in [1.29, 1.82) is 0 Å². The molecule has 2 aromatic heterocycles. The lowest BCUT2D eigenvalue weighted by Gasteiger charge is -2.56. The number of aromatic nitrogens is 3. The summed E-state index contributed by atoms with van der Waals surface area (Å²) < 4.78 is 31.2. The maximum absolute atomic E-state index is 13.8. The van der Waals surface area contributed by atoms with Crippen LogP contribution in [0.4, 0.5) is 13.9 Å². The Morgan fingerprint density at radius 1 is 1.00 bits per heavy atom. The van der Waals surface area contributed by atoms with E-state index in [0.29, 0.717) is 16.4 Å². The predicted molar refractivity (Wildman–Crippen MR) is 146 cm³/mol. The molecule has 0 saturated heterocycles. The number of anilines is 1. The van der Waals surface area contributed by atoms with Gasteiger partial charge in [0.2, 0.25) is 0 Å². The van der Waals surface area contributed by atoms with Crippen LogP contribution in [0.5, 0.6) is 5.75 Å². The molecule has 4 bridgehead atoms. The molecule has 1 amide bonds. The first kappa shape index (κ1) is 24.5. The first-order chi connectivity index (χ1) is 18.9. The van der Waals surface area contributed by atoms with E-state index in [0.717, 1.165) is 54.0 Å². The van der Waals surface area contributed by atoms with Crippen molar-refractivity contribution in [1.82, 2.24) is 14.8 Å². The third kappa shape index (κ3) is 4.62. The van der Waals surface area contributed by atoms with E-state index in [1.807, 2.05) is 46.6 Å². The van der Waals surface area contributed by atoms with Gasteiger partial charge in [0.15, 0.2) is 5.13 Å². The topological polar surface area (TPSA) is 69.0 Å². The van der Waals surface area contributed by atoms with Crippen LogP contribution in [0.2, 0.25) is 0 Å². The summed E-state index contributed by atoms with van der Waals surface area (Å²) in [5.74, 6) is 2.07. The Balaban J connectivity index is 1.18. The fraction of sp³-hybridized carbons (Fsp3) is 0.367. The molecular formula is C30H28F2N4O2S. The van der Waals surface area contributed by atoms with Gasteiger partial charge >= 0.3 is 6.61 Å². The summed E-state index contributed by atoms with van der Waals surface area (Å²) in [5, 5.41) is 10.4. The van der Waals surface area contributed by atoms with Crippen LogP contribution in [0, 0.1) is 17.8 Å². The van der Waals surface area contributed by atoms with Gasteiger partial charge in [-0.2, -0.15) is 13.9 Å². The number of nitrogens with zero attached hydrogens (tertiary/aromatic N) is 3. The van der Waals surface area contributed by atoms with E-state index in [4.69, 9.17) is 5.10 Å². The minimum atomic E-state index is -2.87. The number of halogens is 2. The summed E-state index contributed by atoms with van der Waals surface area (Å²) in [6.07, 6.45) is 9.15. The number of rotatable bonds is 7. The van der Waals surface area contributed by atoms with Crippen molar-refractivity contribution in [2.24, 2.45) is 17.8 Å². The van der Waals surface area contributed by atoms with Gasteiger partial charge in [-0.05, 0) is 92.7 Å². The van der Waals surface area contributed by atoms with Gasteiger partial charge in [-0.25, -0.2) is 9.67 Å². The Bertz CT molecular complexity index is 1460. The van der Waals surface area contributed by atoms with Gasteiger partial charge < -0.3 is 4.74 Å². The van der Waals surface area contributed by atoms with Gasteiger partial charge in [-0.3, -0.25) is 10.1 Å². The number of carbonyl (C=O) groups is 1. The van der Waals surface area contributed by atoms with E-state index in [1.165, 1.54) is 42.7 Å². The Hall–Kier alpha value is -3.59. The fourth-order valence-electron chi connectivity index (χ4n) is 7.48. The molecule has 4 fully saturated rings. The molecule has 4 aromatic rings. The number of hydrogen-bond acceptors (Lipinski definition) is 5. The molecule has 0 spiro atoms. The zero-order valence-electron chi connectivity index (χ0n) is 21.2. The second-order valence-corrected chi connectivity index (χ2v) is 12.1. The van der Waals surface area contributed by atoms with Crippen molar-refractivity contribution in [3.8, 4) is 22.7 Å². The van der Waals surface area contributed by atoms with Crippen LogP contribution in [0.3, 0.4) is 0 Å². The summed E-state index contributed by atoms with van der Waals surface area (Å²) in [6.45, 7) is -2.87. The molecule has 0 radical (unpaired) electrons. The Kier molecular flexibility index (Phi) is 5.99. The average molecular weight is 547 g/mol. The maximum atomic E-state index is 13.8. The van der Waals surface area contributed by atoms with Crippen molar-refractivity contribution >= 4 is 22.4 Å². The molecule has 9 heteroatoms. The first-order valence-corrected chi connectivity index (χ1v) is 14.3. The second-order valence-electron chi connectivity index (χ2n) is 11.3. The third-order valence-electron chi connectivity index (χ3n) is 8.62. The Labute approximate surface area is 229 Å². The summed E-state index contributed by atoms with van der Waals surface area (Å²) in [5.41, 5.74) is 3.83. The number of amides is 1. The van der Waals surface area contributed by atoms with Crippen LogP contribution in [-0.4, -0.2) is 27.3 Å². The maximum Gasteiger partial charge on any atom is 0.387 e. The minimum absolute atomic E-state index is 0.0441. The van der Waals surface area contributed by atoms with Gasteiger partial charge in [0.1, 0.15) is 5.75 Å². The van der Waals surface area contributed by atoms with Crippen LogP contribution in [0.1, 0.15) is 54.6 Å². The molecular weight excluding hydrogens is 518 g/mol. The van der Waals surface area contributed by atoms with E-state index < -0.39 is 6.61 Å². The summed E-state index contributed by atoms with van der Waals surface area (Å²) >= 11 is 1.33. The number of nitrogens with one attached hydrogen (secondary N) is 1. The number of carbonyl (C=O) groups excluding carboxylic acids is 1. The summed E-state index contributed by atoms with van der Waals surface area (Å²) in [7, 11) is 0. The number of hydrogen-bond donors (Lipinski definition) is 1. The van der Waals surface area contributed by atoms with Crippen molar-refractivity contribution in [2.45, 2.75) is 50.6 Å². The SMILES string of the molecule is O=C(Nc1nc(-c2ccc(OC(F)F)cc2)cs1)c1cn(-c2ccccc2)nc1C12CC3CC(CC(C3)C1)C2. The van der Waals surface area contributed by atoms with Gasteiger partial charge in [-0.1, -0.05) is 18.2 Å². The molecule has 0 atom stereocenters. The van der Waals surface area contributed by atoms with Crippen molar-refractivity contribution in [3.05, 3.63) is 77.4 Å². The fourth-order valence-corrected chi connectivity index (χ4v) is 8.20. The Morgan fingerprint density at radius 2 is 1.67 bits per heavy atom. The van der Waals surface area contributed by atoms with Gasteiger partial charge in [0, 0.05) is 22.6 Å². The normalized spacial score (nSPS) is 25.3. The molecule has 8 rings (SSSR count). The van der Waals surface area contributed by atoms with Crippen LogP contribution < -0.4 is 10.1 Å². The lowest BCUT2D eigenvalue weighted by molar-refractivity contribution is -0.0498. The average Bonchev–Trinajstić information content (AvgIpc) is 3.57. The van der Waals surface area contributed by atoms with Crippen LogP contribution in [-0.2, 0) is 5.41 Å². The first-order valence-electron chi connectivity index (χ1n) is 13.4. The molecule has 4 aliphatic rings. The summed E-state index contributed by atoms with van der Waals surface area (Å²) in [4.78, 5) is 18.4. The lowest BCUT2D eigenvalue weighted by Crippen LogP contribution is -2.49. The molecule has 0 aliphatic heterocycles.